The molecule has 0 atom stereocenters. The van der Waals surface area contributed by atoms with Crippen molar-refractivity contribution in [2.24, 2.45) is 16.5 Å². The summed E-state index contributed by atoms with van der Waals surface area (Å²) < 4.78 is 14.4. The minimum absolute atomic E-state index is 0.281. The summed E-state index contributed by atoms with van der Waals surface area (Å²) in [5.41, 5.74) is 13.2. The Morgan fingerprint density at radius 1 is 1.20 bits per heavy atom. The molecule has 0 radical (unpaired) electrons. The number of aryl methyl sites for hydroxylation is 1. The van der Waals surface area contributed by atoms with Gasteiger partial charge < -0.3 is 11.5 Å². The minimum atomic E-state index is -0.578. The summed E-state index contributed by atoms with van der Waals surface area (Å²) in [5, 5.41) is 0.929. The van der Waals surface area contributed by atoms with Crippen LogP contribution in [0.4, 0.5) is 4.39 Å². The summed E-state index contributed by atoms with van der Waals surface area (Å²) >= 11 is 5.84. The van der Waals surface area contributed by atoms with Crippen molar-refractivity contribution in [2.45, 2.75) is 6.92 Å². The van der Waals surface area contributed by atoms with Crippen LogP contribution < -0.4 is 11.5 Å². The van der Waals surface area contributed by atoms with E-state index in [1.165, 1.54) is 6.07 Å². The van der Waals surface area contributed by atoms with Crippen molar-refractivity contribution >= 4 is 34.4 Å². The van der Waals surface area contributed by atoms with Crippen LogP contribution in [0.25, 0.3) is 22.0 Å². The van der Waals surface area contributed by atoms with Crippen molar-refractivity contribution in [1.29, 1.82) is 0 Å². The molecule has 0 aliphatic heterocycles. The predicted molar refractivity (Wildman–Crippen MR) is 97.0 cm³/mol. The number of guanidine groups is 1. The van der Waals surface area contributed by atoms with Gasteiger partial charge in [0.05, 0.1) is 5.52 Å². The van der Waals surface area contributed by atoms with E-state index in [1.807, 2.05) is 6.92 Å². The second-order valence-electron chi connectivity index (χ2n) is 5.51. The Hall–Kier alpha value is -2.99. The number of pyridine rings is 1. The van der Waals surface area contributed by atoms with E-state index in [-0.39, 0.29) is 11.5 Å². The average Bonchev–Trinajstić information content (AvgIpc) is 2.54. The molecule has 0 bridgehead atoms. The number of rotatable bonds is 2. The van der Waals surface area contributed by atoms with Crippen LogP contribution in [-0.4, -0.2) is 16.9 Å². The zero-order valence-electron chi connectivity index (χ0n) is 13.3. The minimum Gasteiger partial charge on any atom is -0.370 e. The number of aliphatic imine (C=N–C) groups is 1. The molecular formula is C18H14ClFN4O. The van der Waals surface area contributed by atoms with Gasteiger partial charge in [0, 0.05) is 27.7 Å². The van der Waals surface area contributed by atoms with Gasteiger partial charge in [0.1, 0.15) is 5.82 Å². The van der Waals surface area contributed by atoms with Crippen LogP contribution in [0.5, 0.6) is 0 Å². The maximum atomic E-state index is 14.4. The van der Waals surface area contributed by atoms with Gasteiger partial charge in [-0.3, -0.25) is 9.78 Å². The SMILES string of the molecule is Cc1cnc2ccc(C(=O)N=C(N)N)cc2c1-c1ccc(Cl)cc1F. The van der Waals surface area contributed by atoms with E-state index in [1.54, 1.807) is 36.5 Å². The van der Waals surface area contributed by atoms with Gasteiger partial charge >= 0.3 is 0 Å². The van der Waals surface area contributed by atoms with E-state index in [4.69, 9.17) is 23.1 Å². The van der Waals surface area contributed by atoms with E-state index in [2.05, 4.69) is 9.98 Å². The third kappa shape index (κ3) is 3.29. The lowest BCUT2D eigenvalue weighted by Gasteiger charge is -2.12. The number of benzene rings is 2. The lowest BCUT2D eigenvalue weighted by atomic mass is 9.95. The number of carbonyl (C=O) groups excluding carboxylic acids is 1. The molecular weight excluding hydrogens is 343 g/mol. The Labute approximate surface area is 148 Å². The second-order valence-corrected chi connectivity index (χ2v) is 5.95. The molecule has 1 aromatic heterocycles. The summed E-state index contributed by atoms with van der Waals surface area (Å²) in [4.78, 5) is 19.9. The molecule has 1 amide bonds. The van der Waals surface area contributed by atoms with E-state index < -0.39 is 11.7 Å². The number of hydrogen-bond acceptors (Lipinski definition) is 2. The van der Waals surface area contributed by atoms with Crippen molar-refractivity contribution in [3.05, 3.63) is 64.6 Å². The van der Waals surface area contributed by atoms with Crippen LogP contribution in [0.3, 0.4) is 0 Å². The highest BCUT2D eigenvalue weighted by atomic mass is 35.5. The number of carbonyl (C=O) groups is 1. The molecule has 2 aromatic carbocycles. The maximum absolute atomic E-state index is 14.4. The number of aromatic nitrogens is 1. The fourth-order valence-corrected chi connectivity index (χ4v) is 2.82. The molecule has 7 heteroatoms. The Bertz CT molecular complexity index is 1030. The number of hydrogen-bond donors (Lipinski definition) is 2. The summed E-state index contributed by atoms with van der Waals surface area (Å²) in [7, 11) is 0. The molecule has 3 rings (SSSR count). The maximum Gasteiger partial charge on any atom is 0.280 e. The Balaban J connectivity index is 2.28. The van der Waals surface area contributed by atoms with Crippen LogP contribution >= 0.6 is 11.6 Å². The normalized spacial score (nSPS) is 10.7. The van der Waals surface area contributed by atoms with Crippen molar-refractivity contribution < 1.29 is 9.18 Å². The summed E-state index contributed by atoms with van der Waals surface area (Å²) in [6, 6.07) is 9.30. The summed E-state index contributed by atoms with van der Waals surface area (Å²) in [5.74, 6) is -1.36. The lowest BCUT2D eigenvalue weighted by molar-refractivity contribution is 0.100. The van der Waals surface area contributed by atoms with Gasteiger partial charge in [-0.1, -0.05) is 11.6 Å². The van der Waals surface area contributed by atoms with Gasteiger partial charge in [0.15, 0.2) is 5.96 Å². The third-order valence-corrected chi connectivity index (χ3v) is 3.97. The van der Waals surface area contributed by atoms with Crippen LogP contribution in [-0.2, 0) is 0 Å². The van der Waals surface area contributed by atoms with Crippen molar-refractivity contribution in [1.82, 2.24) is 4.98 Å². The molecule has 5 nitrogen and oxygen atoms in total. The van der Waals surface area contributed by atoms with Crippen LogP contribution in [0.2, 0.25) is 5.02 Å². The highest BCUT2D eigenvalue weighted by Gasteiger charge is 2.15. The fourth-order valence-electron chi connectivity index (χ4n) is 2.66. The molecule has 0 spiro atoms. The predicted octanol–water partition coefficient (Wildman–Crippen LogP) is 3.42. The Morgan fingerprint density at radius 2 is 1.96 bits per heavy atom. The van der Waals surface area contributed by atoms with Crippen LogP contribution in [0, 0.1) is 12.7 Å². The molecule has 0 saturated carbocycles. The largest absolute Gasteiger partial charge is 0.370 e. The van der Waals surface area contributed by atoms with Crippen molar-refractivity contribution in [3.8, 4) is 11.1 Å². The van der Waals surface area contributed by atoms with Gasteiger partial charge in [0.2, 0.25) is 0 Å². The molecule has 0 aliphatic carbocycles. The Kier molecular flexibility index (Phi) is 4.37. The van der Waals surface area contributed by atoms with Gasteiger partial charge in [-0.25, -0.2) is 4.39 Å². The van der Waals surface area contributed by atoms with Gasteiger partial charge in [0.25, 0.3) is 5.91 Å². The monoisotopic (exact) mass is 356 g/mol. The van der Waals surface area contributed by atoms with Crippen LogP contribution in [0.1, 0.15) is 15.9 Å². The lowest BCUT2D eigenvalue weighted by Crippen LogP contribution is -2.24. The molecule has 0 saturated heterocycles. The number of nitrogens with zero attached hydrogens (tertiary/aromatic N) is 2. The molecule has 0 fully saturated rings. The number of fused-ring (bicyclic) bond motifs is 1. The molecule has 4 N–H and O–H groups in total. The summed E-state index contributed by atoms with van der Waals surface area (Å²) in [6.07, 6.45) is 1.66. The molecule has 3 aromatic rings. The van der Waals surface area contributed by atoms with Crippen molar-refractivity contribution in [3.63, 3.8) is 0 Å². The number of nitrogens with two attached hydrogens (primary N) is 2. The van der Waals surface area contributed by atoms with E-state index in [9.17, 15) is 9.18 Å². The third-order valence-electron chi connectivity index (χ3n) is 3.74. The molecule has 0 aliphatic rings. The average molecular weight is 357 g/mol. The zero-order valence-corrected chi connectivity index (χ0v) is 14.0. The van der Waals surface area contributed by atoms with Crippen LogP contribution in [0.15, 0.2) is 47.6 Å². The topological polar surface area (TPSA) is 94.4 Å². The van der Waals surface area contributed by atoms with Gasteiger partial charge in [-0.2, -0.15) is 4.99 Å². The van der Waals surface area contributed by atoms with Gasteiger partial charge in [-0.15, -0.1) is 0 Å². The number of halogens is 2. The van der Waals surface area contributed by atoms with Crippen molar-refractivity contribution in [2.75, 3.05) is 0 Å². The Morgan fingerprint density at radius 3 is 2.64 bits per heavy atom. The molecule has 25 heavy (non-hydrogen) atoms. The first-order valence-electron chi connectivity index (χ1n) is 7.35. The zero-order chi connectivity index (χ0) is 18.1. The highest BCUT2D eigenvalue weighted by molar-refractivity contribution is 6.30. The fraction of sp³-hybridized carbons (Fsp3) is 0.0556. The standard InChI is InChI=1S/C18H14ClFN4O/c1-9-8-23-15-5-2-10(17(25)24-18(21)22)6-13(15)16(9)12-4-3-11(19)7-14(12)20/h2-8H,1H3,(H4,21,22,24,25). The summed E-state index contributed by atoms with van der Waals surface area (Å²) in [6.45, 7) is 1.82. The first kappa shape index (κ1) is 16.9. The smallest absolute Gasteiger partial charge is 0.280 e. The van der Waals surface area contributed by atoms with Gasteiger partial charge in [-0.05, 0) is 54.4 Å². The first-order valence-corrected chi connectivity index (χ1v) is 7.73. The number of amides is 1. The second kappa shape index (κ2) is 6.49. The molecule has 1 heterocycles. The first-order chi connectivity index (χ1) is 11.9. The molecule has 0 unspecified atom stereocenters. The van der Waals surface area contributed by atoms with E-state index >= 15 is 0 Å². The highest BCUT2D eigenvalue weighted by Crippen LogP contribution is 2.34. The van der Waals surface area contributed by atoms with E-state index in [0.29, 0.717) is 27.1 Å². The quantitative estimate of drug-likeness (QED) is 0.543. The van der Waals surface area contributed by atoms with E-state index in [0.717, 1.165) is 5.56 Å². The molecule has 126 valence electrons.